The number of nitriles is 1. The average molecular weight is 536 g/mol. The quantitative estimate of drug-likeness (QED) is 0.311. The van der Waals surface area contributed by atoms with E-state index in [-0.39, 0.29) is 17.5 Å². The van der Waals surface area contributed by atoms with Gasteiger partial charge in [0, 0.05) is 42.7 Å². The molecule has 0 saturated carbocycles. The Kier molecular flexibility index (Phi) is 8.04. The number of carbonyl (C=O) groups excluding carboxylic acids is 1. The number of Topliss-reactive ketones (excluding diaryl/α,β-unsaturated/α-hetero) is 1. The van der Waals surface area contributed by atoms with Gasteiger partial charge in [0.25, 0.3) is 0 Å². The van der Waals surface area contributed by atoms with Crippen molar-refractivity contribution < 1.29 is 18.3 Å². The number of piperidine rings is 1. The normalized spacial score (nSPS) is 16.4. The Morgan fingerprint density at radius 3 is 2.24 bits per heavy atom. The Morgan fingerprint density at radius 1 is 0.974 bits per heavy atom. The first-order valence-corrected chi connectivity index (χ1v) is 13.1. The second kappa shape index (κ2) is 11.6. The molecule has 3 aromatic rings. The van der Waals surface area contributed by atoms with Crippen LogP contribution in [0.1, 0.15) is 51.0 Å². The maximum Gasteiger partial charge on any atom is 0.387 e. The van der Waals surface area contributed by atoms with Crippen LogP contribution in [0.25, 0.3) is 0 Å². The van der Waals surface area contributed by atoms with E-state index < -0.39 is 6.61 Å². The molecule has 196 valence electrons. The fraction of sp³-hybridized carbons (Fsp3) is 0.333. The van der Waals surface area contributed by atoms with Crippen molar-refractivity contribution in [1.29, 1.82) is 5.26 Å². The van der Waals surface area contributed by atoms with Crippen LogP contribution in [0.2, 0.25) is 5.02 Å². The molecule has 0 aliphatic carbocycles. The lowest BCUT2D eigenvalue weighted by atomic mass is 9.88. The van der Waals surface area contributed by atoms with Gasteiger partial charge >= 0.3 is 6.61 Å². The molecule has 0 atom stereocenters. The summed E-state index contributed by atoms with van der Waals surface area (Å²) in [5.41, 5.74) is 5.59. The van der Waals surface area contributed by atoms with Crippen molar-refractivity contribution in [2.75, 3.05) is 13.1 Å². The molecule has 1 fully saturated rings. The van der Waals surface area contributed by atoms with E-state index in [1.807, 2.05) is 36.4 Å². The van der Waals surface area contributed by atoms with Crippen LogP contribution in [0, 0.1) is 17.2 Å². The summed E-state index contributed by atoms with van der Waals surface area (Å²) in [6.07, 6.45) is 1.61. The van der Waals surface area contributed by atoms with E-state index >= 15 is 0 Å². The summed E-state index contributed by atoms with van der Waals surface area (Å²) < 4.78 is 29.2. The van der Waals surface area contributed by atoms with Gasteiger partial charge in [0.15, 0.2) is 5.78 Å². The maximum absolute atomic E-state index is 13.4. The van der Waals surface area contributed by atoms with Gasteiger partial charge in [-0.2, -0.15) is 14.0 Å². The van der Waals surface area contributed by atoms with Crippen molar-refractivity contribution in [3.8, 4) is 11.8 Å². The smallest absolute Gasteiger partial charge is 0.387 e. The second-order valence-corrected chi connectivity index (χ2v) is 10.4. The highest BCUT2D eigenvalue weighted by Gasteiger charge is 2.29. The number of nitrogens with zero attached hydrogens (tertiary/aromatic N) is 3. The Balaban J connectivity index is 1.17. The fourth-order valence-corrected chi connectivity index (χ4v) is 5.65. The summed E-state index contributed by atoms with van der Waals surface area (Å²) in [5.74, 6) is 0.272. The summed E-state index contributed by atoms with van der Waals surface area (Å²) in [5, 5.41) is 9.59. The summed E-state index contributed by atoms with van der Waals surface area (Å²) in [7, 11) is 0. The molecule has 3 aromatic carbocycles. The average Bonchev–Trinajstić information content (AvgIpc) is 3.33. The van der Waals surface area contributed by atoms with Gasteiger partial charge in [0.2, 0.25) is 0 Å². The van der Waals surface area contributed by atoms with E-state index in [4.69, 9.17) is 16.9 Å². The first-order chi connectivity index (χ1) is 18.4. The molecule has 1 saturated heterocycles. The molecule has 0 radical (unpaired) electrons. The van der Waals surface area contributed by atoms with Gasteiger partial charge in [-0.3, -0.25) is 14.6 Å². The lowest BCUT2D eigenvalue weighted by Crippen LogP contribution is -2.36. The molecule has 0 N–H and O–H groups in total. The monoisotopic (exact) mass is 535 g/mol. The predicted molar refractivity (Wildman–Crippen MR) is 141 cm³/mol. The molecule has 38 heavy (non-hydrogen) atoms. The van der Waals surface area contributed by atoms with Crippen molar-refractivity contribution in [2.24, 2.45) is 5.92 Å². The molecule has 0 amide bonds. The minimum atomic E-state index is -2.84. The number of carbonyl (C=O) groups is 1. The number of benzene rings is 3. The van der Waals surface area contributed by atoms with Gasteiger partial charge in [0.05, 0.1) is 11.6 Å². The molecule has 0 aromatic heterocycles. The Bertz CT molecular complexity index is 1330. The van der Waals surface area contributed by atoms with E-state index in [1.54, 1.807) is 24.3 Å². The third-order valence-electron chi connectivity index (χ3n) is 7.35. The van der Waals surface area contributed by atoms with Crippen molar-refractivity contribution in [3.05, 3.63) is 99.1 Å². The molecule has 0 unspecified atom stereocenters. The third kappa shape index (κ3) is 6.21. The zero-order chi connectivity index (χ0) is 26.6. The number of ether oxygens (including phenoxy) is 1. The Labute approximate surface area is 226 Å². The van der Waals surface area contributed by atoms with Gasteiger partial charge in [-0.05, 0) is 84.6 Å². The SMILES string of the molecule is N#Cc1ccc(CN2CCC(C(=O)c3cc(Cl)c4c(c3)CN(Cc3ccc(OC(F)F)cc3)C4)CC2)cc1. The van der Waals surface area contributed by atoms with E-state index in [1.165, 1.54) is 5.56 Å². The Morgan fingerprint density at radius 2 is 1.61 bits per heavy atom. The summed E-state index contributed by atoms with van der Waals surface area (Å²) in [6, 6.07) is 20.3. The molecule has 0 bridgehead atoms. The molecule has 2 aliphatic rings. The van der Waals surface area contributed by atoms with Crippen molar-refractivity contribution in [1.82, 2.24) is 9.80 Å². The van der Waals surface area contributed by atoms with Gasteiger partial charge < -0.3 is 4.74 Å². The third-order valence-corrected chi connectivity index (χ3v) is 7.69. The largest absolute Gasteiger partial charge is 0.435 e. The van der Waals surface area contributed by atoms with Crippen LogP contribution in [0.15, 0.2) is 60.7 Å². The van der Waals surface area contributed by atoms with Crippen molar-refractivity contribution >= 4 is 17.4 Å². The number of ketones is 1. The fourth-order valence-electron chi connectivity index (χ4n) is 5.35. The van der Waals surface area contributed by atoms with E-state index in [9.17, 15) is 13.6 Å². The van der Waals surface area contributed by atoms with Crippen molar-refractivity contribution in [3.63, 3.8) is 0 Å². The molecule has 2 heterocycles. The van der Waals surface area contributed by atoms with Crippen molar-refractivity contribution in [2.45, 2.75) is 45.6 Å². The van der Waals surface area contributed by atoms with Crippen LogP contribution in [-0.4, -0.2) is 35.3 Å². The molecular weight excluding hydrogens is 508 g/mol. The summed E-state index contributed by atoms with van der Waals surface area (Å²) in [6.45, 7) is 1.67. The van der Waals surface area contributed by atoms with Crippen LogP contribution < -0.4 is 4.74 Å². The highest BCUT2D eigenvalue weighted by molar-refractivity contribution is 6.32. The standard InChI is InChI=1S/C30H28ClF2N3O2/c31-28-14-24(29(37)23-9-11-35(12-10-23)16-21-3-1-20(15-34)2-4-21)13-25-18-36(19-27(25)28)17-22-5-7-26(8-6-22)38-30(32)33/h1-8,13-14,23,30H,9-12,16-19H2. The Hall–Kier alpha value is -3.31. The van der Waals surface area contributed by atoms with E-state index in [0.29, 0.717) is 35.8 Å². The van der Waals surface area contributed by atoms with E-state index in [0.717, 1.165) is 49.2 Å². The van der Waals surface area contributed by atoms with Gasteiger partial charge in [-0.25, -0.2) is 0 Å². The van der Waals surface area contributed by atoms with Crippen LogP contribution in [0.4, 0.5) is 8.78 Å². The number of hydrogen-bond donors (Lipinski definition) is 0. The molecule has 0 spiro atoms. The summed E-state index contributed by atoms with van der Waals surface area (Å²) >= 11 is 6.64. The lowest BCUT2D eigenvalue weighted by Gasteiger charge is -2.31. The number of alkyl halides is 2. The lowest BCUT2D eigenvalue weighted by molar-refractivity contribution is -0.0498. The number of halogens is 3. The van der Waals surface area contributed by atoms with Gasteiger partial charge in [-0.1, -0.05) is 35.9 Å². The molecule has 5 nitrogen and oxygen atoms in total. The first kappa shape index (κ1) is 26.3. The minimum Gasteiger partial charge on any atom is -0.435 e. The van der Waals surface area contributed by atoms with Crippen LogP contribution in [0.3, 0.4) is 0 Å². The molecule has 5 rings (SSSR count). The zero-order valence-corrected chi connectivity index (χ0v) is 21.6. The zero-order valence-electron chi connectivity index (χ0n) is 20.9. The number of fused-ring (bicyclic) bond motifs is 1. The number of hydrogen-bond acceptors (Lipinski definition) is 5. The minimum absolute atomic E-state index is 0.0205. The predicted octanol–water partition coefficient (Wildman–Crippen LogP) is 6.42. The highest BCUT2D eigenvalue weighted by Crippen LogP contribution is 2.33. The van der Waals surface area contributed by atoms with Crippen LogP contribution in [0.5, 0.6) is 5.75 Å². The number of likely N-dealkylation sites (tertiary alicyclic amines) is 1. The van der Waals surface area contributed by atoms with Gasteiger partial charge in [0.1, 0.15) is 5.75 Å². The van der Waals surface area contributed by atoms with Gasteiger partial charge in [-0.15, -0.1) is 0 Å². The molecular formula is C30H28ClF2N3O2. The first-order valence-electron chi connectivity index (χ1n) is 12.7. The van der Waals surface area contributed by atoms with Crippen LogP contribution in [-0.2, 0) is 26.2 Å². The number of rotatable bonds is 8. The highest BCUT2D eigenvalue weighted by atomic mass is 35.5. The molecule has 8 heteroatoms. The maximum atomic E-state index is 13.4. The van der Waals surface area contributed by atoms with E-state index in [2.05, 4.69) is 20.6 Å². The second-order valence-electron chi connectivity index (χ2n) is 9.99. The molecule has 2 aliphatic heterocycles. The summed E-state index contributed by atoms with van der Waals surface area (Å²) in [4.78, 5) is 18.0. The topological polar surface area (TPSA) is 56.6 Å². The van der Waals surface area contributed by atoms with Crippen LogP contribution >= 0.6 is 11.6 Å².